The molecule has 1 rings (SSSR count). The van der Waals surface area contributed by atoms with Crippen LogP contribution in [-0.4, -0.2) is 18.6 Å². The van der Waals surface area contributed by atoms with Crippen LogP contribution < -0.4 is 4.74 Å². The maximum atomic E-state index is 10.5. The van der Waals surface area contributed by atoms with E-state index in [2.05, 4.69) is 0 Å². The van der Waals surface area contributed by atoms with Crippen LogP contribution in [0.25, 0.3) is 0 Å². The van der Waals surface area contributed by atoms with Crippen LogP contribution in [0, 0.1) is 21.4 Å². The van der Waals surface area contributed by atoms with Gasteiger partial charge in [0.25, 0.3) is 0 Å². The summed E-state index contributed by atoms with van der Waals surface area (Å²) in [6.45, 7) is -0.222. The molecule has 0 aromatic heterocycles. The van der Waals surface area contributed by atoms with E-state index < -0.39 is 4.92 Å². The van der Waals surface area contributed by atoms with Gasteiger partial charge in [0.15, 0.2) is 0 Å². The number of nitro groups is 1. The van der Waals surface area contributed by atoms with Crippen LogP contribution in [-0.2, 0) is 0 Å². The molecule has 0 saturated heterocycles. The van der Waals surface area contributed by atoms with E-state index >= 15 is 0 Å². The van der Waals surface area contributed by atoms with Gasteiger partial charge < -0.3 is 4.74 Å². The first-order chi connectivity index (χ1) is 7.67. The minimum atomic E-state index is -0.397. The first-order valence-corrected chi connectivity index (χ1v) is 4.80. The Kier molecular flexibility index (Phi) is 4.28. The zero-order valence-corrected chi connectivity index (χ0v) is 8.92. The third-order valence-corrected chi connectivity index (χ3v) is 2.29. The van der Waals surface area contributed by atoms with Gasteiger partial charge >= 0.3 is 0 Å². The summed E-state index contributed by atoms with van der Waals surface area (Å²) in [5.74, 6) is 0.339. The van der Waals surface area contributed by atoms with Gasteiger partial charge in [-0.25, -0.2) is 0 Å². The summed E-state index contributed by atoms with van der Waals surface area (Å²) >= 11 is 0. The molecule has 0 aliphatic rings. The van der Waals surface area contributed by atoms with E-state index in [1.54, 1.807) is 31.4 Å². The van der Waals surface area contributed by atoms with Gasteiger partial charge in [-0.15, -0.1) is 0 Å². The minimum absolute atomic E-state index is 0.146. The number of hydrogen-bond acceptors (Lipinski definition) is 4. The van der Waals surface area contributed by atoms with Gasteiger partial charge in [0.05, 0.1) is 19.1 Å². The highest BCUT2D eigenvalue weighted by molar-refractivity contribution is 5.29. The Hall–Kier alpha value is -2.09. The smallest absolute Gasteiger partial charge is 0.211 e. The van der Waals surface area contributed by atoms with E-state index in [1.807, 2.05) is 6.07 Å². The number of benzene rings is 1. The van der Waals surface area contributed by atoms with Gasteiger partial charge in [0.1, 0.15) is 5.75 Å². The normalized spacial score (nSPS) is 11.5. The Morgan fingerprint density at radius 2 is 2.12 bits per heavy atom. The van der Waals surface area contributed by atoms with E-state index in [9.17, 15) is 10.1 Å². The Balaban J connectivity index is 2.84. The van der Waals surface area contributed by atoms with Gasteiger partial charge in [0, 0.05) is 11.3 Å². The highest BCUT2D eigenvalue weighted by Gasteiger charge is 2.17. The lowest BCUT2D eigenvalue weighted by molar-refractivity contribution is -0.483. The van der Waals surface area contributed by atoms with Crippen LogP contribution >= 0.6 is 0 Å². The van der Waals surface area contributed by atoms with E-state index in [4.69, 9.17) is 10.00 Å². The number of rotatable bonds is 5. The zero-order chi connectivity index (χ0) is 12.0. The van der Waals surface area contributed by atoms with Crippen molar-refractivity contribution in [3.8, 4) is 11.8 Å². The molecule has 0 N–H and O–H groups in total. The molecule has 0 radical (unpaired) electrons. The quantitative estimate of drug-likeness (QED) is 0.561. The second-order valence-electron chi connectivity index (χ2n) is 3.35. The molecule has 0 fully saturated rings. The fraction of sp³-hybridized carbons (Fsp3) is 0.364. The molecule has 0 aliphatic heterocycles. The lowest BCUT2D eigenvalue weighted by Gasteiger charge is -2.09. The highest BCUT2D eigenvalue weighted by atomic mass is 16.6. The van der Waals surface area contributed by atoms with Crippen LogP contribution in [0.15, 0.2) is 24.3 Å². The number of hydrogen-bond donors (Lipinski definition) is 0. The summed E-state index contributed by atoms with van der Waals surface area (Å²) < 4.78 is 4.99. The van der Waals surface area contributed by atoms with E-state index in [-0.39, 0.29) is 18.9 Å². The topological polar surface area (TPSA) is 76.2 Å². The highest BCUT2D eigenvalue weighted by Crippen LogP contribution is 2.22. The van der Waals surface area contributed by atoms with Gasteiger partial charge in [-0.2, -0.15) is 5.26 Å². The molecule has 5 nitrogen and oxygen atoms in total. The van der Waals surface area contributed by atoms with Crippen LogP contribution in [0.3, 0.4) is 0 Å². The van der Waals surface area contributed by atoms with Gasteiger partial charge in [-0.05, 0) is 17.7 Å². The molecule has 1 aromatic carbocycles. The summed E-state index contributed by atoms with van der Waals surface area (Å²) in [4.78, 5) is 10.1. The molecule has 0 bridgehead atoms. The summed E-state index contributed by atoms with van der Waals surface area (Å²) in [7, 11) is 1.55. The van der Waals surface area contributed by atoms with Crippen molar-refractivity contribution >= 4 is 0 Å². The maximum Gasteiger partial charge on any atom is 0.211 e. The Bertz CT molecular complexity index is 395. The minimum Gasteiger partial charge on any atom is -0.497 e. The van der Waals surface area contributed by atoms with Crippen LogP contribution in [0.4, 0.5) is 0 Å². The number of nitrogens with zero attached hydrogens (tertiary/aromatic N) is 2. The van der Waals surface area contributed by atoms with Crippen molar-refractivity contribution in [1.29, 1.82) is 5.26 Å². The summed E-state index contributed by atoms with van der Waals surface area (Å²) in [5, 5.41) is 19.1. The molecule has 5 heteroatoms. The lowest BCUT2D eigenvalue weighted by Crippen LogP contribution is -2.12. The number of ether oxygens (including phenoxy) is 1. The third-order valence-electron chi connectivity index (χ3n) is 2.29. The van der Waals surface area contributed by atoms with Crippen molar-refractivity contribution < 1.29 is 9.66 Å². The Morgan fingerprint density at radius 3 is 2.56 bits per heavy atom. The van der Waals surface area contributed by atoms with Crippen molar-refractivity contribution in [3.05, 3.63) is 39.9 Å². The average Bonchev–Trinajstić information content (AvgIpc) is 2.28. The molecule has 84 valence electrons. The van der Waals surface area contributed by atoms with E-state index in [0.717, 1.165) is 5.56 Å². The van der Waals surface area contributed by atoms with E-state index in [0.29, 0.717) is 5.75 Å². The van der Waals surface area contributed by atoms with E-state index in [1.165, 1.54) is 0 Å². The zero-order valence-electron chi connectivity index (χ0n) is 8.92. The average molecular weight is 220 g/mol. The second kappa shape index (κ2) is 5.71. The number of methoxy groups -OCH3 is 1. The van der Waals surface area contributed by atoms with Crippen molar-refractivity contribution in [2.24, 2.45) is 0 Å². The molecule has 1 atom stereocenters. The monoisotopic (exact) mass is 220 g/mol. The maximum absolute atomic E-state index is 10.5. The first kappa shape index (κ1) is 12.0. The van der Waals surface area contributed by atoms with Crippen LogP contribution in [0.5, 0.6) is 5.75 Å². The molecule has 0 aliphatic carbocycles. The Morgan fingerprint density at radius 1 is 1.50 bits per heavy atom. The lowest BCUT2D eigenvalue weighted by atomic mass is 9.96. The van der Waals surface area contributed by atoms with Gasteiger partial charge in [-0.1, -0.05) is 12.1 Å². The van der Waals surface area contributed by atoms with Crippen molar-refractivity contribution in [1.82, 2.24) is 0 Å². The SMILES string of the molecule is COc1ccc(C(CC#N)C[N+](=O)[O-])cc1. The van der Waals surface area contributed by atoms with Crippen molar-refractivity contribution in [3.63, 3.8) is 0 Å². The molecule has 16 heavy (non-hydrogen) atoms. The summed E-state index contributed by atoms with van der Waals surface area (Å²) in [5.41, 5.74) is 0.791. The second-order valence-corrected chi connectivity index (χ2v) is 3.35. The van der Waals surface area contributed by atoms with Crippen LogP contribution in [0.1, 0.15) is 17.9 Å². The number of nitriles is 1. The molecule has 1 unspecified atom stereocenters. The third kappa shape index (κ3) is 3.24. The molecule has 0 spiro atoms. The Labute approximate surface area is 93.4 Å². The molecule has 0 heterocycles. The molecular formula is C11H12N2O3. The molecule has 0 amide bonds. The predicted octanol–water partition coefficient (Wildman–Crippen LogP) is 1.97. The molecular weight excluding hydrogens is 208 g/mol. The first-order valence-electron chi connectivity index (χ1n) is 4.80. The van der Waals surface area contributed by atoms with Crippen LogP contribution in [0.2, 0.25) is 0 Å². The fourth-order valence-corrected chi connectivity index (χ4v) is 1.45. The summed E-state index contributed by atoms with van der Waals surface area (Å²) in [6.07, 6.45) is 0.146. The summed E-state index contributed by atoms with van der Waals surface area (Å²) in [6, 6.07) is 8.94. The van der Waals surface area contributed by atoms with Crippen molar-refractivity contribution in [2.75, 3.05) is 13.7 Å². The van der Waals surface area contributed by atoms with Crippen molar-refractivity contribution in [2.45, 2.75) is 12.3 Å². The molecule has 0 saturated carbocycles. The van der Waals surface area contributed by atoms with Gasteiger partial charge in [0.2, 0.25) is 6.54 Å². The largest absolute Gasteiger partial charge is 0.497 e. The predicted molar refractivity (Wildman–Crippen MR) is 57.8 cm³/mol. The standard InChI is InChI=1S/C11H12N2O3/c1-16-11-4-2-9(3-5-11)10(6-7-12)8-13(14)15/h2-5,10H,6,8H2,1H3. The molecule has 1 aromatic rings. The van der Waals surface area contributed by atoms with Gasteiger partial charge in [-0.3, -0.25) is 10.1 Å². The fourth-order valence-electron chi connectivity index (χ4n) is 1.45.